The highest BCUT2D eigenvalue weighted by molar-refractivity contribution is 6.17. The molecule has 0 spiro atoms. The van der Waals surface area contributed by atoms with E-state index in [-0.39, 0.29) is 11.4 Å². The van der Waals surface area contributed by atoms with Crippen molar-refractivity contribution < 1.29 is 24.0 Å². The second-order valence-corrected chi connectivity index (χ2v) is 8.17. The van der Waals surface area contributed by atoms with Crippen LogP contribution in [0.3, 0.4) is 0 Å². The van der Waals surface area contributed by atoms with Gasteiger partial charge in [0.05, 0.1) is 18.2 Å². The van der Waals surface area contributed by atoms with Gasteiger partial charge in [0.25, 0.3) is 5.91 Å². The standard InChI is InChI=1S/C25H25N3O5/c1-14(2)22(29)20-21(19-8-6-5-7-17(19)13-32-4)28(25(31)23(20)30)18-11-9-16(10-12-18)24-26-15(3)33-27-24/h5-12,14,21,30H,13H2,1-4H3. The first kappa shape index (κ1) is 22.4. The summed E-state index contributed by atoms with van der Waals surface area (Å²) in [6.07, 6.45) is 0. The maximum atomic E-state index is 13.2. The highest BCUT2D eigenvalue weighted by Gasteiger charge is 2.45. The molecule has 0 aliphatic carbocycles. The second kappa shape index (κ2) is 8.99. The van der Waals surface area contributed by atoms with Gasteiger partial charge < -0.3 is 14.4 Å². The van der Waals surface area contributed by atoms with Gasteiger partial charge in [-0.2, -0.15) is 4.98 Å². The molecular formula is C25H25N3O5. The number of aliphatic hydroxyl groups excluding tert-OH is 1. The number of ketones is 1. The molecule has 0 saturated carbocycles. The predicted octanol–water partition coefficient (Wildman–Crippen LogP) is 4.32. The number of anilines is 1. The van der Waals surface area contributed by atoms with Crippen LogP contribution >= 0.6 is 0 Å². The summed E-state index contributed by atoms with van der Waals surface area (Å²) >= 11 is 0. The molecule has 1 amide bonds. The van der Waals surface area contributed by atoms with Crippen LogP contribution in [0.2, 0.25) is 0 Å². The highest BCUT2D eigenvalue weighted by atomic mass is 16.5. The summed E-state index contributed by atoms with van der Waals surface area (Å²) in [6, 6.07) is 13.7. The van der Waals surface area contributed by atoms with E-state index in [1.54, 1.807) is 52.1 Å². The van der Waals surface area contributed by atoms with Gasteiger partial charge in [-0.05, 0) is 35.4 Å². The van der Waals surface area contributed by atoms with Crippen LogP contribution in [-0.4, -0.2) is 34.0 Å². The fourth-order valence-electron chi connectivity index (χ4n) is 4.00. The Bertz CT molecular complexity index is 1230. The van der Waals surface area contributed by atoms with Gasteiger partial charge in [-0.1, -0.05) is 43.3 Å². The van der Waals surface area contributed by atoms with E-state index in [0.717, 1.165) is 11.1 Å². The highest BCUT2D eigenvalue weighted by Crippen LogP contribution is 2.43. The zero-order valence-corrected chi connectivity index (χ0v) is 18.9. The van der Waals surface area contributed by atoms with Crippen LogP contribution in [0.4, 0.5) is 5.69 Å². The molecule has 8 heteroatoms. The van der Waals surface area contributed by atoms with E-state index in [2.05, 4.69) is 10.1 Å². The number of aromatic nitrogens is 2. The monoisotopic (exact) mass is 447 g/mol. The number of hydrogen-bond donors (Lipinski definition) is 1. The number of aliphatic hydroxyl groups is 1. The first-order valence-corrected chi connectivity index (χ1v) is 10.6. The molecule has 8 nitrogen and oxygen atoms in total. The normalized spacial score (nSPS) is 16.2. The molecule has 0 saturated heterocycles. The van der Waals surface area contributed by atoms with Crippen molar-refractivity contribution in [3.8, 4) is 11.4 Å². The van der Waals surface area contributed by atoms with Crippen molar-refractivity contribution in [2.24, 2.45) is 5.92 Å². The van der Waals surface area contributed by atoms with Gasteiger partial charge in [0.2, 0.25) is 11.7 Å². The number of nitrogens with zero attached hydrogens (tertiary/aromatic N) is 3. The van der Waals surface area contributed by atoms with Crippen molar-refractivity contribution >= 4 is 17.4 Å². The number of Topliss-reactive ketones (excluding diaryl/α,β-unsaturated/α-hetero) is 1. The van der Waals surface area contributed by atoms with E-state index in [0.29, 0.717) is 29.6 Å². The zero-order chi connectivity index (χ0) is 23.7. The van der Waals surface area contributed by atoms with Crippen LogP contribution in [0.25, 0.3) is 11.4 Å². The smallest absolute Gasteiger partial charge is 0.294 e. The van der Waals surface area contributed by atoms with Crippen molar-refractivity contribution in [2.45, 2.75) is 33.4 Å². The molecular weight excluding hydrogens is 422 g/mol. The lowest BCUT2D eigenvalue weighted by Gasteiger charge is -2.29. The van der Waals surface area contributed by atoms with Crippen molar-refractivity contribution in [1.29, 1.82) is 0 Å². The van der Waals surface area contributed by atoms with E-state index < -0.39 is 23.6 Å². The average molecular weight is 447 g/mol. The third kappa shape index (κ3) is 4.05. The summed E-state index contributed by atoms with van der Waals surface area (Å²) < 4.78 is 10.4. The van der Waals surface area contributed by atoms with Crippen molar-refractivity contribution in [3.05, 3.63) is 76.9 Å². The van der Waals surface area contributed by atoms with Gasteiger partial charge in [-0.25, -0.2) is 0 Å². The molecule has 1 atom stereocenters. The number of benzene rings is 2. The number of carbonyl (C=O) groups is 2. The first-order valence-electron chi connectivity index (χ1n) is 10.6. The largest absolute Gasteiger partial charge is 0.503 e. The Morgan fingerprint density at radius 2 is 1.88 bits per heavy atom. The van der Waals surface area contributed by atoms with Crippen LogP contribution in [0.1, 0.15) is 36.9 Å². The van der Waals surface area contributed by atoms with Crippen molar-refractivity contribution in [1.82, 2.24) is 10.1 Å². The lowest BCUT2D eigenvalue weighted by atomic mass is 9.89. The molecule has 170 valence electrons. The van der Waals surface area contributed by atoms with Gasteiger partial charge in [0.1, 0.15) is 0 Å². The Morgan fingerprint density at radius 3 is 2.48 bits per heavy atom. The third-order valence-corrected chi connectivity index (χ3v) is 5.58. The number of methoxy groups -OCH3 is 1. The number of hydrogen-bond acceptors (Lipinski definition) is 7. The SMILES string of the molecule is COCc1ccccc1C1C(C(=O)C(C)C)=C(O)C(=O)N1c1ccc(-c2noc(C)n2)cc1. The Balaban J connectivity index is 1.83. The van der Waals surface area contributed by atoms with E-state index >= 15 is 0 Å². The molecule has 1 unspecified atom stereocenters. The van der Waals surface area contributed by atoms with Crippen LogP contribution in [0.15, 0.2) is 64.4 Å². The van der Waals surface area contributed by atoms with E-state index in [1.807, 2.05) is 24.3 Å². The first-order chi connectivity index (χ1) is 15.8. The summed E-state index contributed by atoms with van der Waals surface area (Å²) in [6.45, 7) is 5.50. The molecule has 1 aliphatic heterocycles. The molecule has 33 heavy (non-hydrogen) atoms. The molecule has 0 fully saturated rings. The molecule has 0 bridgehead atoms. The van der Waals surface area contributed by atoms with Crippen LogP contribution in [0.5, 0.6) is 0 Å². The molecule has 2 aromatic carbocycles. The second-order valence-electron chi connectivity index (χ2n) is 8.17. The minimum absolute atomic E-state index is 0.0939. The summed E-state index contributed by atoms with van der Waals surface area (Å²) in [5.74, 6) is -0.937. The summed E-state index contributed by atoms with van der Waals surface area (Å²) in [5.41, 5.74) is 2.88. The van der Waals surface area contributed by atoms with Gasteiger partial charge in [-0.15, -0.1) is 0 Å². The van der Waals surface area contributed by atoms with E-state index in [9.17, 15) is 14.7 Å². The lowest BCUT2D eigenvalue weighted by Crippen LogP contribution is -2.32. The summed E-state index contributed by atoms with van der Waals surface area (Å²) in [7, 11) is 1.58. The fourth-order valence-corrected chi connectivity index (χ4v) is 4.00. The van der Waals surface area contributed by atoms with E-state index in [4.69, 9.17) is 9.26 Å². The van der Waals surface area contributed by atoms with Gasteiger partial charge >= 0.3 is 0 Å². The molecule has 3 aromatic rings. The van der Waals surface area contributed by atoms with Gasteiger partial charge in [0, 0.05) is 31.2 Å². The van der Waals surface area contributed by atoms with E-state index in [1.165, 1.54) is 4.90 Å². The van der Waals surface area contributed by atoms with Crippen LogP contribution in [0, 0.1) is 12.8 Å². The minimum atomic E-state index is -0.781. The molecule has 1 aromatic heterocycles. The number of rotatable bonds is 7. The third-order valence-electron chi connectivity index (χ3n) is 5.58. The van der Waals surface area contributed by atoms with Crippen molar-refractivity contribution in [3.63, 3.8) is 0 Å². The quantitative estimate of drug-likeness (QED) is 0.575. The van der Waals surface area contributed by atoms with Gasteiger partial charge in [-0.3, -0.25) is 14.5 Å². The van der Waals surface area contributed by atoms with Crippen molar-refractivity contribution in [2.75, 3.05) is 12.0 Å². The number of ether oxygens (including phenoxy) is 1. The number of carbonyl (C=O) groups excluding carboxylic acids is 2. The summed E-state index contributed by atoms with van der Waals surface area (Å²) in [4.78, 5) is 32.0. The Kier molecular flexibility index (Phi) is 6.11. The van der Waals surface area contributed by atoms with Crippen LogP contribution < -0.4 is 4.90 Å². The Labute approximate surface area is 191 Å². The maximum absolute atomic E-state index is 13.2. The topological polar surface area (TPSA) is 106 Å². The fraction of sp³-hybridized carbons (Fsp3) is 0.280. The summed E-state index contributed by atoms with van der Waals surface area (Å²) in [5, 5.41) is 14.7. The Morgan fingerprint density at radius 1 is 1.18 bits per heavy atom. The molecule has 2 heterocycles. The molecule has 1 N–H and O–H groups in total. The van der Waals surface area contributed by atoms with Gasteiger partial charge in [0.15, 0.2) is 11.5 Å². The number of aryl methyl sites for hydroxylation is 1. The maximum Gasteiger partial charge on any atom is 0.294 e. The molecule has 4 rings (SSSR count). The average Bonchev–Trinajstić information content (AvgIpc) is 3.35. The minimum Gasteiger partial charge on any atom is -0.503 e. The number of amides is 1. The van der Waals surface area contributed by atoms with Crippen LogP contribution in [-0.2, 0) is 20.9 Å². The lowest BCUT2D eigenvalue weighted by molar-refractivity contribution is -0.119. The molecule has 1 aliphatic rings. The molecule has 0 radical (unpaired) electrons. The Hall–Kier alpha value is -3.78. The zero-order valence-electron chi connectivity index (χ0n) is 18.9. The predicted molar refractivity (Wildman–Crippen MR) is 121 cm³/mol.